The van der Waals surface area contributed by atoms with Crippen molar-refractivity contribution in [3.8, 4) is 0 Å². The van der Waals surface area contributed by atoms with Gasteiger partial charge in [0.1, 0.15) is 16.7 Å². The fourth-order valence-corrected chi connectivity index (χ4v) is 13.2. The minimum absolute atomic E-state index is 0.0378. The smallest absolute Gasteiger partial charge is 0.303 e. The van der Waals surface area contributed by atoms with E-state index in [1.807, 2.05) is 77.1 Å². The first-order valence-electron chi connectivity index (χ1n) is 20.7. The van der Waals surface area contributed by atoms with Crippen LogP contribution in [0.15, 0.2) is 101 Å². The van der Waals surface area contributed by atoms with Gasteiger partial charge in [-0.25, -0.2) is 4.98 Å². The van der Waals surface area contributed by atoms with E-state index in [1.54, 1.807) is 10.3 Å². The summed E-state index contributed by atoms with van der Waals surface area (Å²) in [5.41, 5.74) is 10.6. The average molecular weight is 839 g/mol. The summed E-state index contributed by atoms with van der Waals surface area (Å²) in [6.45, 7) is 18.6. The average Bonchev–Trinajstić information content (AvgIpc) is 3.72. The second-order valence-electron chi connectivity index (χ2n) is 16.6. The summed E-state index contributed by atoms with van der Waals surface area (Å²) < 4.78 is 13.2. The van der Waals surface area contributed by atoms with Crippen molar-refractivity contribution in [1.29, 1.82) is 0 Å². The van der Waals surface area contributed by atoms with Crippen LogP contribution in [0.5, 0.6) is 0 Å². The van der Waals surface area contributed by atoms with Crippen molar-refractivity contribution in [3.05, 3.63) is 123 Å². The minimum Gasteiger partial charge on any atom is -0.455 e. The Balaban J connectivity index is 1.66. The lowest BCUT2D eigenvalue weighted by Gasteiger charge is -2.43. The number of azide groups is 1. The fourth-order valence-electron chi connectivity index (χ4n) is 7.75. The van der Waals surface area contributed by atoms with E-state index >= 15 is 0 Å². The van der Waals surface area contributed by atoms with Crippen LogP contribution < -0.4 is 15.7 Å². The van der Waals surface area contributed by atoms with Crippen LogP contribution in [0.25, 0.3) is 10.4 Å². The van der Waals surface area contributed by atoms with Crippen LogP contribution in [0.2, 0.25) is 5.04 Å². The van der Waals surface area contributed by atoms with E-state index in [0.717, 1.165) is 15.9 Å². The third kappa shape index (κ3) is 12.1. The van der Waals surface area contributed by atoms with Crippen molar-refractivity contribution >= 4 is 47.8 Å². The summed E-state index contributed by atoms with van der Waals surface area (Å²) in [4.78, 5) is 50.3. The first kappa shape index (κ1) is 46.9. The number of esters is 1. The Morgan fingerprint density at radius 2 is 1.51 bits per heavy atom. The van der Waals surface area contributed by atoms with Crippen molar-refractivity contribution in [2.45, 2.75) is 117 Å². The van der Waals surface area contributed by atoms with Crippen molar-refractivity contribution < 1.29 is 23.5 Å². The van der Waals surface area contributed by atoms with Gasteiger partial charge in [-0.05, 0) is 51.2 Å². The van der Waals surface area contributed by atoms with Gasteiger partial charge < -0.3 is 19.4 Å². The number of nitrogens with zero attached hydrogens (tertiary/aromatic N) is 5. The summed E-state index contributed by atoms with van der Waals surface area (Å²) in [7, 11) is -2.92. The van der Waals surface area contributed by atoms with Crippen molar-refractivity contribution in [3.63, 3.8) is 0 Å². The molecule has 5 atom stereocenters. The molecule has 0 bridgehead atoms. The molecule has 0 fully saturated rings. The highest BCUT2D eigenvalue weighted by Crippen LogP contribution is 2.37. The van der Waals surface area contributed by atoms with Gasteiger partial charge in [-0.15, -0.1) is 11.3 Å². The third-order valence-corrected chi connectivity index (χ3v) is 16.8. The number of thiazole rings is 1. The second-order valence-corrected chi connectivity index (χ2v) is 21.8. The van der Waals surface area contributed by atoms with E-state index < -0.39 is 32.5 Å². The predicted octanol–water partition coefficient (Wildman–Crippen LogP) is 9.04. The topological polar surface area (TPSA) is 147 Å². The molecule has 1 N–H and O–H groups in total. The van der Waals surface area contributed by atoms with E-state index in [4.69, 9.17) is 14.1 Å². The quantitative estimate of drug-likeness (QED) is 0.0291. The molecule has 1 heterocycles. The molecular formula is C46H62N6O5SSi. The molecular weight excluding hydrogens is 777 g/mol. The first-order valence-corrected chi connectivity index (χ1v) is 23.5. The summed E-state index contributed by atoms with van der Waals surface area (Å²) in [5, 5.41) is 11.3. The SMILES string of the molecule is CCCN(C(=O)[C@@H](N=[N+]=[N-])[C@@H](C)CC)[C@H](C[C@@H](OC(C)=O)c1nc(C(=O)N[C@H](CO[Si](c2ccccc2)(c2ccccc2)C(C)(C)C)Cc2ccccc2)cs1)C(C)C. The Hall–Kier alpha value is -4.81. The molecule has 0 aliphatic carbocycles. The highest BCUT2D eigenvalue weighted by molar-refractivity contribution is 7.09. The molecule has 0 aliphatic heterocycles. The molecule has 3 aromatic carbocycles. The number of hydrogen-bond acceptors (Lipinski definition) is 8. The number of carbonyl (C=O) groups excluding carboxylic acids is 3. The minimum atomic E-state index is -2.92. The molecule has 0 saturated carbocycles. The number of rotatable bonds is 21. The number of ether oxygens (including phenoxy) is 1. The van der Waals surface area contributed by atoms with Crippen LogP contribution in [0, 0.1) is 11.8 Å². The van der Waals surface area contributed by atoms with Gasteiger partial charge >= 0.3 is 5.97 Å². The van der Waals surface area contributed by atoms with Gasteiger partial charge in [-0.2, -0.15) is 0 Å². The van der Waals surface area contributed by atoms with Gasteiger partial charge in [-0.3, -0.25) is 14.4 Å². The zero-order valence-electron chi connectivity index (χ0n) is 36.1. The van der Waals surface area contributed by atoms with Crippen LogP contribution in [-0.4, -0.2) is 67.3 Å². The van der Waals surface area contributed by atoms with E-state index in [0.29, 0.717) is 30.8 Å². The number of hydrogen-bond donors (Lipinski definition) is 1. The molecule has 2 amide bonds. The molecule has 1 aromatic heterocycles. The van der Waals surface area contributed by atoms with Crippen molar-refractivity contribution in [2.24, 2.45) is 17.0 Å². The number of nitrogens with one attached hydrogen (secondary N) is 1. The lowest BCUT2D eigenvalue weighted by Crippen LogP contribution is -2.67. The Labute approximate surface area is 355 Å². The van der Waals surface area contributed by atoms with Crippen LogP contribution in [-0.2, 0) is 25.2 Å². The molecule has 4 aromatic rings. The Bertz CT molecular complexity index is 1950. The fraction of sp³-hybridized carbons (Fsp3) is 0.478. The van der Waals surface area contributed by atoms with Crippen LogP contribution >= 0.6 is 11.3 Å². The number of amides is 2. The van der Waals surface area contributed by atoms with Crippen molar-refractivity contribution in [2.75, 3.05) is 13.2 Å². The number of carbonyl (C=O) groups is 3. The second kappa shape index (κ2) is 22.0. The molecule has 316 valence electrons. The Morgan fingerprint density at radius 3 is 2.00 bits per heavy atom. The molecule has 0 aliphatic rings. The zero-order valence-corrected chi connectivity index (χ0v) is 37.9. The monoisotopic (exact) mass is 838 g/mol. The van der Waals surface area contributed by atoms with Crippen LogP contribution in [0.3, 0.4) is 0 Å². The van der Waals surface area contributed by atoms with E-state index in [-0.39, 0.29) is 53.5 Å². The van der Waals surface area contributed by atoms with Crippen molar-refractivity contribution in [1.82, 2.24) is 15.2 Å². The standard InChI is InChI=1S/C46H62N6O5SSi/c1-10-27-52(45(55)42(50-51-47)33(5)11-2)40(32(3)4)29-41(57-34(6)53)44-49-39(31-58-44)43(54)48-36(28-35-21-15-12-16-22-35)30-56-59(46(7,8)9,37-23-17-13-18-24-37)38-25-19-14-20-26-38/h12-26,31-33,36,40-42H,10-11,27-30H2,1-9H3,(H,48,54)/t33-,36-,40+,41+,42-/m0/s1. The molecule has 11 nitrogen and oxygen atoms in total. The van der Waals surface area contributed by atoms with E-state index in [2.05, 4.69) is 84.6 Å². The molecule has 0 saturated heterocycles. The lowest BCUT2D eigenvalue weighted by molar-refractivity contribution is -0.149. The van der Waals surface area contributed by atoms with Gasteiger partial charge in [0.05, 0.1) is 12.6 Å². The highest BCUT2D eigenvalue weighted by Gasteiger charge is 2.50. The molecule has 13 heteroatoms. The van der Waals surface area contributed by atoms with Gasteiger partial charge in [0.2, 0.25) is 5.91 Å². The Morgan fingerprint density at radius 1 is 0.932 bits per heavy atom. The molecule has 0 spiro atoms. The molecule has 59 heavy (non-hydrogen) atoms. The highest BCUT2D eigenvalue weighted by atomic mass is 32.1. The molecule has 4 rings (SSSR count). The van der Waals surface area contributed by atoms with Crippen LogP contribution in [0.4, 0.5) is 0 Å². The third-order valence-electron chi connectivity index (χ3n) is 10.9. The summed E-state index contributed by atoms with van der Waals surface area (Å²) in [5.74, 6) is -1.31. The summed E-state index contributed by atoms with van der Waals surface area (Å²) in [6.07, 6.45) is 1.31. The largest absolute Gasteiger partial charge is 0.455 e. The van der Waals surface area contributed by atoms with Crippen LogP contribution in [0.1, 0.15) is 109 Å². The van der Waals surface area contributed by atoms with Gasteiger partial charge in [0.15, 0.2) is 6.10 Å². The number of aromatic nitrogens is 1. The van der Waals surface area contributed by atoms with Gasteiger partial charge in [0.25, 0.3) is 14.2 Å². The normalized spacial score (nSPS) is 14.3. The lowest BCUT2D eigenvalue weighted by atomic mass is 9.92. The Kier molecular flexibility index (Phi) is 17.5. The van der Waals surface area contributed by atoms with E-state index in [1.165, 1.54) is 18.3 Å². The maximum absolute atomic E-state index is 14.2. The summed E-state index contributed by atoms with van der Waals surface area (Å²) in [6, 6.07) is 29.2. The van der Waals surface area contributed by atoms with Gasteiger partial charge in [0, 0.05) is 36.2 Å². The number of benzene rings is 3. The first-order chi connectivity index (χ1) is 28.2. The zero-order chi connectivity index (χ0) is 43.2. The van der Waals surface area contributed by atoms with E-state index in [9.17, 15) is 19.9 Å². The predicted molar refractivity (Wildman–Crippen MR) is 239 cm³/mol. The van der Waals surface area contributed by atoms with Gasteiger partial charge in [-0.1, -0.05) is 158 Å². The maximum atomic E-state index is 14.2. The summed E-state index contributed by atoms with van der Waals surface area (Å²) >= 11 is 1.24. The molecule has 0 unspecified atom stereocenters. The maximum Gasteiger partial charge on any atom is 0.303 e. The molecule has 0 radical (unpaired) electrons.